The van der Waals surface area contributed by atoms with Gasteiger partial charge in [0, 0.05) is 31.7 Å². The smallest absolute Gasteiger partial charge is 0.311 e. The average Bonchev–Trinajstić information content (AvgIpc) is 2.47. The van der Waals surface area contributed by atoms with Gasteiger partial charge in [0.15, 0.2) is 9.84 Å². The predicted molar refractivity (Wildman–Crippen MR) is 95.0 cm³/mol. The first-order valence-corrected chi connectivity index (χ1v) is 9.03. The zero-order valence-corrected chi connectivity index (χ0v) is 14.7. The molecule has 0 unspecified atom stereocenters. The highest BCUT2D eigenvalue weighted by Gasteiger charge is 2.26. The first-order chi connectivity index (χ1) is 11.1. The van der Waals surface area contributed by atoms with E-state index in [4.69, 9.17) is 0 Å². The molecule has 0 amide bonds. The van der Waals surface area contributed by atoms with Crippen molar-refractivity contribution >= 4 is 32.6 Å². The Kier molecular flexibility index (Phi) is 4.79. The maximum absolute atomic E-state index is 11.8. The summed E-state index contributed by atoms with van der Waals surface area (Å²) in [5.74, 6) is 0. The lowest BCUT2D eigenvalue weighted by atomic mass is 10.1. The van der Waals surface area contributed by atoms with E-state index < -0.39 is 20.4 Å². The predicted octanol–water partition coefficient (Wildman–Crippen LogP) is 3.12. The highest BCUT2D eigenvalue weighted by atomic mass is 32.2. The number of nitrogens with zero attached hydrogens (tertiary/aromatic N) is 2. The van der Waals surface area contributed by atoms with Crippen LogP contribution in [0.15, 0.2) is 41.3 Å². The summed E-state index contributed by atoms with van der Waals surface area (Å²) in [5, 5.41) is 14.4. The Bertz CT molecular complexity index is 892. The minimum atomic E-state index is -3.71. The monoisotopic (exact) mass is 349 g/mol. The molecule has 0 aromatic heterocycles. The van der Waals surface area contributed by atoms with Gasteiger partial charge in [-0.3, -0.25) is 10.1 Å². The standard InChI is InChI=1S/C16H19N3O4S/c1-11-10-12(18(2)3)8-9-13(11)17-14-6-5-7-15(24(4,22)23)16(14)19(20)21/h5-10,17H,1-4H3. The summed E-state index contributed by atoms with van der Waals surface area (Å²) in [6.07, 6.45) is 0.955. The van der Waals surface area contributed by atoms with E-state index in [0.29, 0.717) is 5.69 Å². The Balaban J connectivity index is 2.53. The van der Waals surface area contributed by atoms with E-state index >= 15 is 0 Å². The van der Waals surface area contributed by atoms with Crippen LogP contribution in [0.3, 0.4) is 0 Å². The number of rotatable bonds is 5. The van der Waals surface area contributed by atoms with Crippen LogP contribution < -0.4 is 10.2 Å². The summed E-state index contributed by atoms with van der Waals surface area (Å²) in [6, 6.07) is 9.83. The lowest BCUT2D eigenvalue weighted by Gasteiger charge is -2.16. The Labute approximate surface area is 141 Å². The van der Waals surface area contributed by atoms with Crippen molar-refractivity contribution in [1.29, 1.82) is 0 Å². The van der Waals surface area contributed by atoms with Crippen molar-refractivity contribution in [3.63, 3.8) is 0 Å². The average molecular weight is 349 g/mol. The maximum Gasteiger partial charge on any atom is 0.311 e. The van der Waals surface area contributed by atoms with Crippen molar-refractivity contribution < 1.29 is 13.3 Å². The maximum atomic E-state index is 11.8. The molecule has 0 aliphatic rings. The van der Waals surface area contributed by atoms with Crippen LogP contribution in [0.4, 0.5) is 22.7 Å². The lowest BCUT2D eigenvalue weighted by Crippen LogP contribution is -2.09. The molecule has 0 saturated heterocycles. The summed E-state index contributed by atoms with van der Waals surface area (Å²) in [7, 11) is 0.128. The molecule has 0 atom stereocenters. The summed E-state index contributed by atoms with van der Waals surface area (Å²) < 4.78 is 23.6. The van der Waals surface area contributed by atoms with E-state index in [1.54, 1.807) is 0 Å². The van der Waals surface area contributed by atoms with Crippen molar-refractivity contribution in [2.45, 2.75) is 11.8 Å². The molecule has 2 aromatic carbocycles. The van der Waals surface area contributed by atoms with Crippen LogP contribution in [0.5, 0.6) is 0 Å². The van der Waals surface area contributed by atoms with E-state index in [-0.39, 0.29) is 10.6 Å². The van der Waals surface area contributed by atoms with Gasteiger partial charge in [-0.15, -0.1) is 0 Å². The van der Waals surface area contributed by atoms with Crippen molar-refractivity contribution in [2.24, 2.45) is 0 Å². The number of para-hydroxylation sites is 1. The van der Waals surface area contributed by atoms with Gasteiger partial charge in [0.1, 0.15) is 10.6 Å². The van der Waals surface area contributed by atoms with Crippen molar-refractivity contribution in [3.8, 4) is 0 Å². The number of anilines is 3. The van der Waals surface area contributed by atoms with E-state index in [0.717, 1.165) is 17.5 Å². The molecule has 0 saturated carbocycles. The molecule has 7 nitrogen and oxygen atoms in total. The fourth-order valence-electron chi connectivity index (χ4n) is 2.32. The van der Waals surface area contributed by atoms with Gasteiger partial charge in [0.05, 0.1) is 4.92 Å². The summed E-state index contributed by atoms with van der Waals surface area (Å²) in [4.78, 5) is 12.4. The molecular formula is C16H19N3O4S. The molecule has 8 heteroatoms. The van der Waals surface area contributed by atoms with Crippen molar-refractivity contribution in [1.82, 2.24) is 0 Å². The zero-order valence-electron chi connectivity index (χ0n) is 13.9. The number of hydrogen-bond donors (Lipinski definition) is 1. The molecule has 2 rings (SSSR count). The van der Waals surface area contributed by atoms with Crippen LogP contribution in [0.1, 0.15) is 5.56 Å². The highest BCUT2D eigenvalue weighted by molar-refractivity contribution is 7.90. The van der Waals surface area contributed by atoms with Crippen LogP contribution in [-0.2, 0) is 9.84 Å². The van der Waals surface area contributed by atoms with Gasteiger partial charge in [0.2, 0.25) is 0 Å². The molecule has 128 valence electrons. The van der Waals surface area contributed by atoms with Gasteiger partial charge in [-0.05, 0) is 42.8 Å². The number of nitro benzene ring substituents is 1. The van der Waals surface area contributed by atoms with Crippen molar-refractivity contribution in [3.05, 3.63) is 52.1 Å². The molecular weight excluding hydrogens is 330 g/mol. The number of sulfone groups is 1. The van der Waals surface area contributed by atoms with E-state index in [1.165, 1.54) is 18.2 Å². The third kappa shape index (κ3) is 3.65. The second-order valence-electron chi connectivity index (χ2n) is 5.70. The minimum Gasteiger partial charge on any atom is -0.378 e. The Hall–Kier alpha value is -2.61. The third-order valence-corrected chi connectivity index (χ3v) is 4.71. The Morgan fingerprint density at radius 3 is 2.29 bits per heavy atom. The third-order valence-electron chi connectivity index (χ3n) is 3.58. The lowest BCUT2D eigenvalue weighted by molar-refractivity contribution is -0.386. The molecule has 0 spiro atoms. The van der Waals surface area contributed by atoms with Gasteiger partial charge >= 0.3 is 5.69 Å². The van der Waals surface area contributed by atoms with Crippen LogP contribution in [-0.4, -0.2) is 33.7 Å². The van der Waals surface area contributed by atoms with Crippen LogP contribution in [0, 0.1) is 17.0 Å². The molecule has 1 N–H and O–H groups in total. The van der Waals surface area contributed by atoms with Gasteiger partial charge < -0.3 is 10.2 Å². The topological polar surface area (TPSA) is 92.6 Å². The fraction of sp³-hybridized carbons (Fsp3) is 0.250. The summed E-state index contributed by atoms with van der Waals surface area (Å²) in [5.41, 5.74) is 2.26. The van der Waals surface area contributed by atoms with Crippen molar-refractivity contribution in [2.75, 3.05) is 30.6 Å². The molecule has 0 radical (unpaired) electrons. The quantitative estimate of drug-likeness (QED) is 0.658. The molecule has 2 aromatic rings. The fourth-order valence-corrected chi connectivity index (χ4v) is 3.18. The van der Waals surface area contributed by atoms with Gasteiger partial charge in [0.25, 0.3) is 0 Å². The first-order valence-electron chi connectivity index (χ1n) is 7.13. The van der Waals surface area contributed by atoms with Gasteiger partial charge in [-0.2, -0.15) is 0 Å². The molecule has 0 fully saturated rings. The molecule has 24 heavy (non-hydrogen) atoms. The SMILES string of the molecule is Cc1cc(N(C)C)ccc1Nc1cccc(S(C)(=O)=O)c1[N+](=O)[O-]. The minimum absolute atomic E-state index is 0.142. The second kappa shape index (κ2) is 6.48. The van der Waals surface area contributed by atoms with Crippen LogP contribution in [0.2, 0.25) is 0 Å². The number of nitrogens with one attached hydrogen (secondary N) is 1. The molecule has 0 heterocycles. The second-order valence-corrected chi connectivity index (χ2v) is 7.68. The van der Waals surface area contributed by atoms with E-state index in [2.05, 4.69) is 5.32 Å². The first kappa shape index (κ1) is 17.7. The van der Waals surface area contributed by atoms with Crippen LogP contribution >= 0.6 is 0 Å². The largest absolute Gasteiger partial charge is 0.378 e. The molecule has 0 aliphatic heterocycles. The van der Waals surface area contributed by atoms with E-state index in [9.17, 15) is 18.5 Å². The van der Waals surface area contributed by atoms with Gasteiger partial charge in [-0.1, -0.05) is 6.07 Å². The number of aryl methyl sites for hydroxylation is 1. The van der Waals surface area contributed by atoms with Crippen LogP contribution in [0.25, 0.3) is 0 Å². The van der Waals surface area contributed by atoms with E-state index in [1.807, 2.05) is 44.1 Å². The summed E-state index contributed by atoms with van der Waals surface area (Å²) >= 11 is 0. The highest BCUT2D eigenvalue weighted by Crippen LogP contribution is 2.35. The normalized spacial score (nSPS) is 11.2. The zero-order chi connectivity index (χ0) is 18.1. The number of hydrogen-bond acceptors (Lipinski definition) is 6. The number of benzene rings is 2. The number of nitro groups is 1. The summed E-state index contributed by atoms with van der Waals surface area (Å²) in [6.45, 7) is 1.88. The molecule has 0 aliphatic carbocycles. The van der Waals surface area contributed by atoms with Gasteiger partial charge in [-0.25, -0.2) is 8.42 Å². The molecule has 0 bridgehead atoms. The Morgan fingerprint density at radius 1 is 1.12 bits per heavy atom. The Morgan fingerprint density at radius 2 is 1.79 bits per heavy atom.